The molecule has 0 spiro atoms. The first-order valence-electron chi connectivity index (χ1n) is 4.01. The van der Waals surface area contributed by atoms with Crippen molar-refractivity contribution in [1.82, 2.24) is 0 Å². The molecule has 0 radical (unpaired) electrons. The first-order valence-corrected chi connectivity index (χ1v) is 4.01. The minimum atomic E-state index is -1.03. The van der Waals surface area contributed by atoms with Crippen molar-refractivity contribution in [3.8, 4) is 5.75 Å². The summed E-state index contributed by atoms with van der Waals surface area (Å²) in [7, 11) is 0. The average Bonchev–Trinajstić information content (AvgIpc) is 2.09. The molecule has 1 rings (SSSR count). The molecule has 0 aliphatic heterocycles. The smallest absolute Gasteiger partial charge is 0.336 e. The Hall–Kier alpha value is -1.84. The third-order valence-corrected chi connectivity index (χ3v) is 1.93. The molecule has 0 fully saturated rings. The number of rotatable bonds is 3. The molecule has 1 aromatic rings. The topological polar surface area (TPSA) is 63.6 Å². The van der Waals surface area contributed by atoms with Crippen LogP contribution in [0.1, 0.15) is 21.5 Å². The summed E-state index contributed by atoms with van der Waals surface area (Å²) < 4.78 is 4.64. The quantitative estimate of drug-likeness (QED) is 0.741. The standard InChI is InChI=1S/C10H10O4/c1-6-3-7(2)9(14-5-11)4-8(6)10(12)13/h3-5H,1-2H3,(H,12,13). The Kier molecular flexibility index (Phi) is 2.86. The second-order valence-electron chi connectivity index (χ2n) is 2.95. The highest BCUT2D eigenvalue weighted by Gasteiger charge is 2.10. The maximum Gasteiger partial charge on any atom is 0.336 e. The molecule has 4 heteroatoms. The van der Waals surface area contributed by atoms with Crippen LogP contribution in [0.25, 0.3) is 0 Å². The molecule has 0 unspecified atom stereocenters. The highest BCUT2D eigenvalue weighted by Crippen LogP contribution is 2.22. The molecule has 0 aliphatic carbocycles. The van der Waals surface area contributed by atoms with E-state index in [1.54, 1.807) is 19.9 Å². The number of carbonyl (C=O) groups excluding carboxylic acids is 1. The fraction of sp³-hybridized carbons (Fsp3) is 0.200. The third kappa shape index (κ3) is 1.90. The van der Waals surface area contributed by atoms with Crippen molar-refractivity contribution in [2.75, 3.05) is 0 Å². The molecule has 0 heterocycles. The summed E-state index contributed by atoms with van der Waals surface area (Å²) in [4.78, 5) is 20.9. The largest absolute Gasteiger partial charge is 0.478 e. The summed E-state index contributed by atoms with van der Waals surface area (Å²) >= 11 is 0. The molecular formula is C10H10O4. The van der Waals surface area contributed by atoms with Crippen LogP contribution in [0.5, 0.6) is 5.75 Å². The molecule has 0 aromatic heterocycles. The predicted octanol–water partition coefficient (Wildman–Crippen LogP) is 1.54. The fourth-order valence-corrected chi connectivity index (χ4v) is 1.24. The zero-order chi connectivity index (χ0) is 10.7. The van der Waals surface area contributed by atoms with E-state index in [1.165, 1.54) is 6.07 Å². The van der Waals surface area contributed by atoms with Crippen LogP contribution in [0, 0.1) is 13.8 Å². The lowest BCUT2D eigenvalue weighted by Gasteiger charge is -2.06. The third-order valence-electron chi connectivity index (χ3n) is 1.93. The van der Waals surface area contributed by atoms with Crippen LogP contribution in [0.4, 0.5) is 0 Å². The Balaban J connectivity index is 3.26. The highest BCUT2D eigenvalue weighted by atomic mass is 16.5. The van der Waals surface area contributed by atoms with Crippen molar-refractivity contribution in [3.05, 3.63) is 28.8 Å². The van der Waals surface area contributed by atoms with E-state index in [-0.39, 0.29) is 17.8 Å². The number of aryl methyl sites for hydroxylation is 2. The lowest BCUT2D eigenvalue weighted by atomic mass is 10.1. The molecule has 0 aliphatic rings. The molecular weight excluding hydrogens is 184 g/mol. The van der Waals surface area contributed by atoms with Crippen molar-refractivity contribution < 1.29 is 19.4 Å². The van der Waals surface area contributed by atoms with E-state index in [4.69, 9.17) is 5.11 Å². The summed E-state index contributed by atoms with van der Waals surface area (Å²) in [6, 6.07) is 3.02. The Morgan fingerprint density at radius 1 is 1.36 bits per heavy atom. The van der Waals surface area contributed by atoms with Crippen LogP contribution in [0.3, 0.4) is 0 Å². The number of carboxylic acid groups (broad SMARTS) is 1. The van der Waals surface area contributed by atoms with Crippen LogP contribution in [-0.2, 0) is 4.79 Å². The van der Waals surface area contributed by atoms with Crippen molar-refractivity contribution in [2.24, 2.45) is 0 Å². The SMILES string of the molecule is Cc1cc(C)c(C(=O)O)cc1OC=O. The van der Waals surface area contributed by atoms with Gasteiger partial charge in [0.1, 0.15) is 5.75 Å². The number of benzene rings is 1. The van der Waals surface area contributed by atoms with Crippen molar-refractivity contribution in [3.63, 3.8) is 0 Å². The second kappa shape index (κ2) is 3.91. The lowest BCUT2D eigenvalue weighted by Crippen LogP contribution is -2.02. The van der Waals surface area contributed by atoms with E-state index in [0.717, 1.165) is 5.56 Å². The molecule has 1 aromatic carbocycles. The zero-order valence-corrected chi connectivity index (χ0v) is 7.90. The second-order valence-corrected chi connectivity index (χ2v) is 2.95. The van der Waals surface area contributed by atoms with Gasteiger partial charge < -0.3 is 9.84 Å². The van der Waals surface area contributed by atoms with Gasteiger partial charge in [-0.05, 0) is 31.0 Å². The molecule has 0 amide bonds. The molecule has 1 N–H and O–H groups in total. The van der Waals surface area contributed by atoms with Gasteiger partial charge >= 0.3 is 5.97 Å². The average molecular weight is 194 g/mol. The van der Waals surface area contributed by atoms with Crippen molar-refractivity contribution >= 4 is 12.4 Å². The van der Waals surface area contributed by atoms with Crippen LogP contribution in [-0.4, -0.2) is 17.5 Å². The van der Waals surface area contributed by atoms with Gasteiger partial charge in [-0.3, -0.25) is 4.79 Å². The van der Waals surface area contributed by atoms with E-state index in [9.17, 15) is 9.59 Å². The predicted molar refractivity (Wildman–Crippen MR) is 49.6 cm³/mol. The molecule has 14 heavy (non-hydrogen) atoms. The number of hydrogen-bond acceptors (Lipinski definition) is 3. The van der Waals surface area contributed by atoms with E-state index < -0.39 is 5.97 Å². The summed E-state index contributed by atoms with van der Waals surface area (Å²) in [5, 5.41) is 8.81. The van der Waals surface area contributed by atoms with E-state index in [2.05, 4.69) is 4.74 Å². The van der Waals surface area contributed by atoms with Gasteiger partial charge in [-0.2, -0.15) is 0 Å². The molecule has 74 valence electrons. The van der Waals surface area contributed by atoms with Gasteiger partial charge in [-0.25, -0.2) is 4.79 Å². The summed E-state index contributed by atoms with van der Waals surface area (Å²) in [6.07, 6.45) is 0. The van der Waals surface area contributed by atoms with Crippen LogP contribution >= 0.6 is 0 Å². The number of carboxylic acids is 1. The maximum absolute atomic E-state index is 10.7. The van der Waals surface area contributed by atoms with Gasteiger partial charge in [0.05, 0.1) is 5.56 Å². The zero-order valence-electron chi connectivity index (χ0n) is 7.90. The van der Waals surface area contributed by atoms with Crippen LogP contribution in [0.15, 0.2) is 12.1 Å². The van der Waals surface area contributed by atoms with Gasteiger partial charge in [0.15, 0.2) is 0 Å². The number of ether oxygens (including phenoxy) is 1. The fourth-order valence-electron chi connectivity index (χ4n) is 1.24. The van der Waals surface area contributed by atoms with Crippen LogP contribution in [0.2, 0.25) is 0 Å². The van der Waals surface area contributed by atoms with E-state index >= 15 is 0 Å². The normalized spacial score (nSPS) is 9.57. The lowest BCUT2D eigenvalue weighted by molar-refractivity contribution is -0.120. The maximum atomic E-state index is 10.7. The minimum Gasteiger partial charge on any atom is -0.478 e. The molecule has 0 atom stereocenters. The first kappa shape index (κ1) is 10.2. The number of carbonyl (C=O) groups is 2. The van der Waals surface area contributed by atoms with Gasteiger partial charge in [-0.15, -0.1) is 0 Å². The Morgan fingerprint density at radius 2 is 2.00 bits per heavy atom. The van der Waals surface area contributed by atoms with Crippen molar-refractivity contribution in [2.45, 2.75) is 13.8 Å². The van der Waals surface area contributed by atoms with Crippen molar-refractivity contribution in [1.29, 1.82) is 0 Å². The van der Waals surface area contributed by atoms with E-state index in [0.29, 0.717) is 5.56 Å². The monoisotopic (exact) mass is 194 g/mol. The van der Waals surface area contributed by atoms with E-state index in [1.807, 2.05) is 0 Å². The van der Waals surface area contributed by atoms with Gasteiger partial charge in [0, 0.05) is 0 Å². The Labute approximate surface area is 81.1 Å². The summed E-state index contributed by atoms with van der Waals surface area (Å²) in [5.41, 5.74) is 1.53. The summed E-state index contributed by atoms with van der Waals surface area (Å²) in [6.45, 7) is 3.72. The van der Waals surface area contributed by atoms with Gasteiger partial charge in [-0.1, -0.05) is 6.07 Å². The summed E-state index contributed by atoms with van der Waals surface area (Å²) in [5.74, 6) is -0.749. The van der Waals surface area contributed by atoms with Gasteiger partial charge in [0.25, 0.3) is 6.47 Å². The number of hydrogen-bond donors (Lipinski definition) is 1. The van der Waals surface area contributed by atoms with Crippen LogP contribution < -0.4 is 4.74 Å². The first-order chi connectivity index (χ1) is 6.56. The number of aromatic carboxylic acids is 1. The Morgan fingerprint density at radius 3 is 2.50 bits per heavy atom. The molecule has 0 saturated heterocycles. The van der Waals surface area contributed by atoms with Gasteiger partial charge in [0.2, 0.25) is 0 Å². The minimum absolute atomic E-state index is 0.146. The Bertz CT molecular complexity index is 382. The molecule has 0 bridgehead atoms. The highest BCUT2D eigenvalue weighted by molar-refractivity contribution is 5.90. The molecule has 4 nitrogen and oxygen atoms in total. The molecule has 0 saturated carbocycles.